The van der Waals surface area contributed by atoms with Crippen LogP contribution in [0.1, 0.15) is 13.1 Å². The van der Waals surface area contributed by atoms with Crippen LogP contribution in [0, 0.1) is 3.57 Å². The van der Waals surface area contributed by atoms with Crippen LogP contribution in [-0.4, -0.2) is 5.33 Å². The molecule has 0 unspecified atom stereocenters. The molecule has 4 heteroatoms. The second kappa shape index (κ2) is 6.47. The van der Waals surface area contributed by atoms with Crippen LogP contribution in [0.15, 0.2) is 18.2 Å². The van der Waals surface area contributed by atoms with Crippen molar-refractivity contribution >= 4 is 83.7 Å². The van der Waals surface area contributed by atoms with Crippen LogP contribution in [0.5, 0.6) is 0 Å². The van der Waals surface area contributed by atoms with Crippen LogP contribution >= 0.6 is 83.7 Å². The lowest BCUT2D eigenvalue weighted by Gasteiger charge is -2.09. The van der Waals surface area contributed by atoms with Crippen LogP contribution < -0.4 is 0 Å². The van der Waals surface area contributed by atoms with Gasteiger partial charge >= 0.3 is 0 Å². The van der Waals surface area contributed by atoms with Crippen molar-refractivity contribution in [1.82, 2.24) is 0 Å². The average Bonchev–Trinajstić information content (AvgIpc) is 2.04. The van der Waals surface area contributed by atoms with E-state index in [2.05, 4.69) is 102 Å². The van der Waals surface area contributed by atoms with Crippen LogP contribution in [0.4, 0.5) is 0 Å². The monoisotopic (exact) mass is 576 g/mol. The molecule has 0 aromatic heterocycles. The van der Waals surface area contributed by atoms with Gasteiger partial charge < -0.3 is 0 Å². The van der Waals surface area contributed by atoms with Gasteiger partial charge in [0.05, 0.1) is 1.93 Å². The molecule has 13 heavy (non-hydrogen) atoms. The average molecular weight is 577 g/mol. The number of halogens is 4. The maximum atomic E-state index is 3.49. The van der Waals surface area contributed by atoms with Crippen LogP contribution in [0.3, 0.4) is 0 Å². The molecule has 0 aliphatic heterocycles. The van der Waals surface area contributed by atoms with Gasteiger partial charge in [0.1, 0.15) is 0 Å². The lowest BCUT2D eigenvalue weighted by Crippen LogP contribution is -1.94. The van der Waals surface area contributed by atoms with Crippen LogP contribution in [-0.2, 0) is 6.42 Å². The summed E-state index contributed by atoms with van der Waals surface area (Å²) in [5.74, 6) is 0. The van der Waals surface area contributed by atoms with E-state index in [0.717, 1.165) is 11.8 Å². The molecule has 0 N–H and O–H groups in total. The molecule has 0 nitrogen and oxygen atoms in total. The van der Waals surface area contributed by atoms with Crippen molar-refractivity contribution in [2.75, 3.05) is 5.33 Å². The summed E-state index contributed by atoms with van der Waals surface area (Å²) in [6.45, 7) is 0. The first-order chi connectivity index (χ1) is 6.15. The van der Waals surface area contributed by atoms with Crippen molar-refractivity contribution < 1.29 is 0 Å². The third kappa shape index (κ3) is 4.10. The van der Waals surface area contributed by atoms with E-state index in [1.54, 1.807) is 0 Å². The molecule has 0 atom stereocenters. The molecule has 0 fully saturated rings. The Balaban J connectivity index is 3.03. The lowest BCUT2D eigenvalue weighted by molar-refractivity contribution is 1.13. The number of rotatable bonds is 3. The molecule has 0 bridgehead atoms. The zero-order valence-corrected chi connectivity index (χ0v) is 14.8. The summed E-state index contributed by atoms with van der Waals surface area (Å²) in [5.41, 5.74) is 2.93. The maximum absolute atomic E-state index is 3.49. The molecule has 1 aromatic rings. The van der Waals surface area contributed by atoms with Crippen molar-refractivity contribution in [2.24, 2.45) is 0 Å². The summed E-state index contributed by atoms with van der Waals surface area (Å²) in [6, 6.07) is 6.70. The van der Waals surface area contributed by atoms with Crippen molar-refractivity contribution in [3.63, 3.8) is 0 Å². The van der Waals surface area contributed by atoms with E-state index < -0.39 is 0 Å². The van der Waals surface area contributed by atoms with E-state index in [4.69, 9.17) is 0 Å². The summed E-state index contributed by atoms with van der Waals surface area (Å²) in [6.07, 6.45) is 1.12. The summed E-state index contributed by atoms with van der Waals surface area (Å²) in [5, 5.41) is 1.04. The van der Waals surface area contributed by atoms with Crippen LogP contribution in [0.25, 0.3) is 0 Å². The van der Waals surface area contributed by atoms with E-state index in [1.807, 2.05) is 0 Å². The summed E-state index contributed by atoms with van der Waals surface area (Å²) < 4.78 is 1.90. The molecule has 1 rings (SSSR count). The second-order valence-corrected chi connectivity index (χ2v) is 9.50. The SMILES string of the molecule is BrCCc1cc(I)ccc1C(I)I. The Kier molecular flexibility index (Phi) is 6.45. The van der Waals surface area contributed by atoms with Crippen molar-refractivity contribution in [2.45, 2.75) is 8.35 Å². The van der Waals surface area contributed by atoms with E-state index in [-0.39, 0.29) is 0 Å². The molecular weight excluding hydrogens is 569 g/mol. The Bertz CT molecular complexity index is 286. The van der Waals surface area contributed by atoms with Gasteiger partial charge in [-0.2, -0.15) is 0 Å². The molecule has 0 amide bonds. The third-order valence-electron chi connectivity index (χ3n) is 1.70. The Labute approximate surface area is 128 Å². The first-order valence-electron chi connectivity index (χ1n) is 3.77. The molecule has 0 saturated heterocycles. The van der Waals surface area contributed by atoms with Gasteiger partial charge in [-0.25, -0.2) is 0 Å². The van der Waals surface area contributed by atoms with Gasteiger partial charge in [-0.3, -0.25) is 0 Å². The molecule has 1 aromatic carbocycles. The molecule has 0 heterocycles. The zero-order valence-electron chi connectivity index (χ0n) is 6.74. The predicted octanol–water partition coefficient (Wildman–Crippen LogP) is 5.10. The molecule has 0 saturated carbocycles. The summed E-state index contributed by atoms with van der Waals surface area (Å²) in [4.78, 5) is 0. The fraction of sp³-hybridized carbons (Fsp3) is 0.333. The highest BCUT2D eigenvalue weighted by atomic mass is 127. The third-order valence-corrected chi connectivity index (χ3v) is 4.11. The molecule has 0 aliphatic rings. The van der Waals surface area contributed by atoms with Crippen molar-refractivity contribution in [3.05, 3.63) is 32.9 Å². The molecular formula is C9H8BrI3. The fourth-order valence-electron chi connectivity index (χ4n) is 1.11. The fourth-order valence-corrected chi connectivity index (χ4v) is 3.30. The van der Waals surface area contributed by atoms with Gasteiger partial charge in [-0.15, -0.1) is 0 Å². The van der Waals surface area contributed by atoms with Crippen molar-refractivity contribution in [3.8, 4) is 0 Å². The van der Waals surface area contributed by atoms with Gasteiger partial charge in [0.25, 0.3) is 0 Å². The minimum Gasteiger partial charge on any atom is -0.0924 e. The predicted molar refractivity (Wildman–Crippen MR) is 87.4 cm³/mol. The van der Waals surface area contributed by atoms with Crippen LogP contribution in [0.2, 0.25) is 0 Å². The van der Waals surface area contributed by atoms with Crippen molar-refractivity contribution in [1.29, 1.82) is 0 Å². The Morgan fingerprint density at radius 2 is 2.00 bits per heavy atom. The minimum atomic E-state index is 0.571. The Morgan fingerprint density at radius 1 is 1.31 bits per heavy atom. The topological polar surface area (TPSA) is 0 Å². The maximum Gasteiger partial charge on any atom is 0.0877 e. The highest BCUT2D eigenvalue weighted by Gasteiger charge is 2.08. The van der Waals surface area contributed by atoms with Gasteiger partial charge in [0.15, 0.2) is 0 Å². The molecule has 0 spiro atoms. The second-order valence-electron chi connectivity index (χ2n) is 2.58. The van der Waals surface area contributed by atoms with E-state index >= 15 is 0 Å². The number of hydrogen-bond acceptors (Lipinski definition) is 0. The van der Waals surface area contributed by atoms with Gasteiger partial charge in [-0.05, 0) is 52.3 Å². The number of aryl methyl sites for hydroxylation is 1. The van der Waals surface area contributed by atoms with Gasteiger partial charge in [-0.1, -0.05) is 67.2 Å². The Hall–Kier alpha value is 1.89. The standard InChI is InChI=1S/C9H8BrI3/c10-4-3-6-5-7(11)1-2-8(6)9(12)13/h1-2,5,9H,3-4H2. The highest BCUT2D eigenvalue weighted by Crippen LogP contribution is 2.33. The summed E-state index contributed by atoms with van der Waals surface area (Å²) >= 11 is 10.8. The summed E-state index contributed by atoms with van der Waals surface area (Å²) in [7, 11) is 0. The smallest absolute Gasteiger partial charge is 0.0877 e. The molecule has 72 valence electrons. The zero-order chi connectivity index (χ0) is 9.84. The number of benzene rings is 1. The first-order valence-corrected chi connectivity index (χ1v) is 8.46. The quantitative estimate of drug-likeness (QED) is 0.347. The molecule has 0 aliphatic carbocycles. The Morgan fingerprint density at radius 3 is 2.54 bits per heavy atom. The largest absolute Gasteiger partial charge is 0.0924 e. The lowest BCUT2D eigenvalue weighted by atomic mass is 10.1. The van der Waals surface area contributed by atoms with Gasteiger partial charge in [0.2, 0.25) is 0 Å². The normalized spacial score (nSPS) is 10.8. The highest BCUT2D eigenvalue weighted by molar-refractivity contribution is 14.2. The van der Waals surface area contributed by atoms with E-state index in [0.29, 0.717) is 1.93 Å². The minimum absolute atomic E-state index is 0.571. The first kappa shape index (κ1) is 13.0. The van der Waals surface area contributed by atoms with E-state index in [1.165, 1.54) is 14.7 Å². The number of alkyl halides is 3. The van der Waals surface area contributed by atoms with Gasteiger partial charge in [0, 0.05) is 8.90 Å². The van der Waals surface area contributed by atoms with E-state index in [9.17, 15) is 0 Å². The molecule has 0 radical (unpaired) electrons. The number of hydrogen-bond donors (Lipinski definition) is 0.